The monoisotopic (exact) mass is 351 g/mol. The zero-order valence-electron chi connectivity index (χ0n) is 14.6. The van der Waals surface area contributed by atoms with E-state index in [0.717, 1.165) is 33.9 Å². The molecule has 0 aliphatic heterocycles. The zero-order valence-corrected chi connectivity index (χ0v) is 14.6. The molecule has 130 valence electrons. The van der Waals surface area contributed by atoms with Gasteiger partial charge in [-0.15, -0.1) is 0 Å². The van der Waals surface area contributed by atoms with Gasteiger partial charge in [0.25, 0.3) is 5.91 Å². The summed E-state index contributed by atoms with van der Waals surface area (Å²) in [4.78, 5) is 12.5. The Morgan fingerprint density at radius 3 is 2.67 bits per heavy atom. The number of allylic oxidation sites excluding steroid dienone is 1. The molecular weight excluding hydrogens is 334 g/mol. The molecular formula is C23H17N3O. The van der Waals surface area contributed by atoms with Gasteiger partial charge in [-0.3, -0.25) is 4.79 Å². The van der Waals surface area contributed by atoms with Crippen LogP contribution in [0.1, 0.15) is 23.1 Å². The van der Waals surface area contributed by atoms with Crippen LogP contribution in [0.2, 0.25) is 0 Å². The number of fused-ring (bicyclic) bond motifs is 2. The third-order valence-corrected chi connectivity index (χ3v) is 4.82. The van der Waals surface area contributed by atoms with Crippen molar-refractivity contribution in [3.63, 3.8) is 0 Å². The van der Waals surface area contributed by atoms with Crippen LogP contribution in [0, 0.1) is 11.3 Å². The van der Waals surface area contributed by atoms with Crippen molar-refractivity contribution in [3.8, 4) is 6.07 Å². The van der Waals surface area contributed by atoms with Crippen molar-refractivity contribution in [1.29, 1.82) is 5.26 Å². The van der Waals surface area contributed by atoms with E-state index in [2.05, 4.69) is 16.6 Å². The molecule has 3 aromatic carbocycles. The van der Waals surface area contributed by atoms with Crippen molar-refractivity contribution in [3.05, 3.63) is 89.0 Å². The summed E-state index contributed by atoms with van der Waals surface area (Å²) in [5.74, 6) is -0.472. The van der Waals surface area contributed by atoms with E-state index in [4.69, 9.17) is 0 Å². The van der Waals surface area contributed by atoms with Gasteiger partial charge >= 0.3 is 0 Å². The zero-order chi connectivity index (χ0) is 18.6. The van der Waals surface area contributed by atoms with E-state index in [0.29, 0.717) is 6.42 Å². The highest BCUT2D eigenvalue weighted by Crippen LogP contribution is 2.34. The van der Waals surface area contributed by atoms with Gasteiger partial charge in [-0.1, -0.05) is 66.7 Å². The number of amides is 1. The topological polar surface area (TPSA) is 65.2 Å². The summed E-state index contributed by atoms with van der Waals surface area (Å²) in [5, 5.41) is 15.8. The Morgan fingerprint density at radius 2 is 1.78 bits per heavy atom. The number of nitrogens with zero attached hydrogens (tertiary/aromatic N) is 2. The smallest absolute Gasteiger partial charge is 0.267 e. The predicted octanol–water partition coefficient (Wildman–Crippen LogP) is 4.21. The van der Waals surface area contributed by atoms with Gasteiger partial charge in [0, 0.05) is 5.56 Å². The molecule has 4 heteroatoms. The third-order valence-electron chi connectivity index (χ3n) is 4.82. The Hall–Kier alpha value is -3.71. The van der Waals surface area contributed by atoms with Gasteiger partial charge in [0.05, 0.1) is 6.21 Å². The first-order valence-electron chi connectivity index (χ1n) is 8.80. The molecule has 0 aromatic heterocycles. The minimum atomic E-state index is -0.472. The Bertz CT molecular complexity index is 1130. The van der Waals surface area contributed by atoms with Crippen molar-refractivity contribution in [1.82, 2.24) is 5.43 Å². The highest BCUT2D eigenvalue weighted by Gasteiger charge is 2.23. The van der Waals surface area contributed by atoms with E-state index >= 15 is 0 Å². The summed E-state index contributed by atoms with van der Waals surface area (Å²) in [6, 6.07) is 23.9. The summed E-state index contributed by atoms with van der Waals surface area (Å²) >= 11 is 0. The number of benzene rings is 3. The summed E-state index contributed by atoms with van der Waals surface area (Å²) < 4.78 is 0. The number of carbonyl (C=O) groups is 1. The van der Waals surface area contributed by atoms with Crippen LogP contribution < -0.4 is 5.43 Å². The van der Waals surface area contributed by atoms with E-state index in [-0.39, 0.29) is 5.57 Å². The second kappa shape index (κ2) is 7.27. The van der Waals surface area contributed by atoms with E-state index in [1.54, 1.807) is 6.21 Å². The molecule has 0 atom stereocenters. The molecule has 0 unspecified atom stereocenters. The molecule has 0 spiro atoms. The number of hydrogen-bond donors (Lipinski definition) is 1. The number of hydrazone groups is 1. The second-order valence-corrected chi connectivity index (χ2v) is 6.39. The summed E-state index contributed by atoms with van der Waals surface area (Å²) in [6.07, 6.45) is 3.16. The number of carbonyl (C=O) groups excluding carboxylic acids is 1. The molecule has 0 saturated heterocycles. The highest BCUT2D eigenvalue weighted by atomic mass is 16.2. The molecule has 4 nitrogen and oxygen atoms in total. The van der Waals surface area contributed by atoms with Crippen LogP contribution in [-0.2, 0) is 11.2 Å². The van der Waals surface area contributed by atoms with Crippen LogP contribution in [0.3, 0.4) is 0 Å². The minimum absolute atomic E-state index is 0.134. The van der Waals surface area contributed by atoms with Gasteiger partial charge in [-0.05, 0) is 40.3 Å². The largest absolute Gasteiger partial charge is 0.282 e. The standard InChI is InChI=1S/C23H17N3O/c24-14-22(21-13-12-17-7-2-4-11-20(17)21)23(27)26-25-15-18-9-5-8-16-6-1-3-10-19(16)18/h1-11,15H,12-13H2,(H,26,27). The molecule has 0 heterocycles. The first-order valence-corrected chi connectivity index (χ1v) is 8.80. The number of rotatable bonds is 3. The quantitative estimate of drug-likeness (QED) is 0.332. The normalized spacial score (nSPS) is 14.8. The molecule has 1 aliphatic rings. The first-order chi connectivity index (χ1) is 13.3. The van der Waals surface area contributed by atoms with Gasteiger partial charge in [0.1, 0.15) is 11.6 Å². The lowest BCUT2D eigenvalue weighted by Crippen LogP contribution is -2.20. The summed E-state index contributed by atoms with van der Waals surface area (Å²) in [7, 11) is 0. The molecule has 3 aromatic rings. The molecule has 0 fully saturated rings. The van der Waals surface area contributed by atoms with Crippen LogP contribution in [-0.4, -0.2) is 12.1 Å². The van der Waals surface area contributed by atoms with E-state index < -0.39 is 5.91 Å². The van der Waals surface area contributed by atoms with Crippen LogP contribution >= 0.6 is 0 Å². The average molecular weight is 351 g/mol. The molecule has 0 saturated carbocycles. The molecule has 1 aliphatic carbocycles. The fourth-order valence-electron chi connectivity index (χ4n) is 3.52. The van der Waals surface area contributed by atoms with Crippen molar-refractivity contribution in [2.24, 2.45) is 5.10 Å². The third kappa shape index (κ3) is 3.23. The second-order valence-electron chi connectivity index (χ2n) is 6.39. The van der Waals surface area contributed by atoms with Crippen LogP contribution in [0.5, 0.6) is 0 Å². The van der Waals surface area contributed by atoms with Crippen molar-refractivity contribution >= 4 is 28.5 Å². The van der Waals surface area contributed by atoms with Gasteiger partial charge in [0.2, 0.25) is 0 Å². The Kier molecular flexibility index (Phi) is 4.51. The molecule has 1 amide bonds. The van der Waals surface area contributed by atoms with E-state index in [9.17, 15) is 10.1 Å². The lowest BCUT2D eigenvalue weighted by atomic mass is 10.0. The maximum atomic E-state index is 12.5. The number of aryl methyl sites for hydroxylation is 1. The summed E-state index contributed by atoms with van der Waals surface area (Å²) in [6.45, 7) is 0. The lowest BCUT2D eigenvalue weighted by molar-refractivity contribution is -0.117. The summed E-state index contributed by atoms with van der Waals surface area (Å²) in [5.41, 5.74) is 6.51. The highest BCUT2D eigenvalue weighted by molar-refractivity contribution is 6.06. The number of nitrogens with one attached hydrogen (secondary N) is 1. The van der Waals surface area contributed by atoms with Crippen molar-refractivity contribution in [2.45, 2.75) is 12.8 Å². The van der Waals surface area contributed by atoms with Gasteiger partial charge < -0.3 is 0 Å². The number of hydrogen-bond acceptors (Lipinski definition) is 3. The molecule has 0 radical (unpaired) electrons. The minimum Gasteiger partial charge on any atom is -0.267 e. The maximum Gasteiger partial charge on any atom is 0.282 e. The van der Waals surface area contributed by atoms with Gasteiger partial charge in [-0.25, -0.2) is 5.43 Å². The molecule has 1 N–H and O–H groups in total. The van der Waals surface area contributed by atoms with E-state index in [1.807, 2.05) is 66.7 Å². The SMILES string of the molecule is N#CC(C(=O)NN=Cc1cccc2ccccc12)=C1CCc2ccccc21. The van der Waals surface area contributed by atoms with Crippen LogP contribution in [0.25, 0.3) is 16.3 Å². The molecule has 0 bridgehead atoms. The number of nitriles is 1. The van der Waals surface area contributed by atoms with Crippen LogP contribution in [0.4, 0.5) is 0 Å². The van der Waals surface area contributed by atoms with Crippen molar-refractivity contribution < 1.29 is 4.79 Å². The van der Waals surface area contributed by atoms with Gasteiger partial charge in [-0.2, -0.15) is 10.4 Å². The van der Waals surface area contributed by atoms with E-state index in [1.165, 1.54) is 5.56 Å². The van der Waals surface area contributed by atoms with Crippen LogP contribution in [0.15, 0.2) is 77.4 Å². The lowest BCUT2D eigenvalue weighted by Gasteiger charge is -2.05. The maximum absolute atomic E-state index is 12.5. The molecule has 27 heavy (non-hydrogen) atoms. The van der Waals surface area contributed by atoms with Gasteiger partial charge in [0.15, 0.2) is 0 Å². The first kappa shape index (κ1) is 16.7. The fourth-order valence-corrected chi connectivity index (χ4v) is 3.52. The average Bonchev–Trinajstić information content (AvgIpc) is 3.13. The predicted molar refractivity (Wildman–Crippen MR) is 107 cm³/mol. The Morgan fingerprint density at radius 1 is 1.00 bits per heavy atom. The molecule has 4 rings (SSSR count). The Labute approximate surface area is 157 Å². The van der Waals surface area contributed by atoms with Crippen molar-refractivity contribution in [2.75, 3.05) is 0 Å². The fraction of sp³-hybridized carbons (Fsp3) is 0.0870. The Balaban J connectivity index is 1.58.